The number of benzene rings is 1. The van der Waals surface area contributed by atoms with Gasteiger partial charge in [0.25, 0.3) is 0 Å². The lowest BCUT2D eigenvalue weighted by molar-refractivity contribution is -0.119. The Morgan fingerprint density at radius 2 is 2.33 bits per heavy atom. The SMILES string of the molecule is CC1CC(=O)NN1c1ccc(Cl)cc1N. The molecular formula is C10H12ClN3O. The summed E-state index contributed by atoms with van der Waals surface area (Å²) in [6.07, 6.45) is 0.488. The minimum absolute atomic E-state index is 0.0110. The van der Waals surface area contributed by atoms with E-state index in [1.165, 1.54) is 0 Å². The highest BCUT2D eigenvalue weighted by atomic mass is 35.5. The van der Waals surface area contributed by atoms with Crippen molar-refractivity contribution in [3.8, 4) is 0 Å². The number of halogens is 1. The van der Waals surface area contributed by atoms with Gasteiger partial charge >= 0.3 is 0 Å². The van der Waals surface area contributed by atoms with Crippen molar-refractivity contribution in [3.63, 3.8) is 0 Å². The predicted molar refractivity (Wildman–Crippen MR) is 60.6 cm³/mol. The van der Waals surface area contributed by atoms with E-state index in [4.69, 9.17) is 17.3 Å². The van der Waals surface area contributed by atoms with Crippen LogP contribution in [0, 0.1) is 0 Å². The first-order valence-corrected chi connectivity index (χ1v) is 5.09. The quantitative estimate of drug-likeness (QED) is 0.713. The van der Waals surface area contributed by atoms with E-state index in [-0.39, 0.29) is 11.9 Å². The molecule has 5 heteroatoms. The molecule has 1 fully saturated rings. The van der Waals surface area contributed by atoms with E-state index in [0.717, 1.165) is 5.69 Å². The Hall–Kier alpha value is -1.42. The van der Waals surface area contributed by atoms with E-state index in [9.17, 15) is 4.79 Å². The van der Waals surface area contributed by atoms with E-state index in [1.807, 2.05) is 6.92 Å². The van der Waals surface area contributed by atoms with Crippen LogP contribution in [-0.4, -0.2) is 11.9 Å². The molecule has 1 aromatic carbocycles. The molecular weight excluding hydrogens is 214 g/mol. The normalized spacial score (nSPS) is 20.5. The fourth-order valence-corrected chi connectivity index (χ4v) is 1.87. The summed E-state index contributed by atoms with van der Waals surface area (Å²) < 4.78 is 0. The zero-order chi connectivity index (χ0) is 11.0. The summed E-state index contributed by atoms with van der Waals surface area (Å²) in [6.45, 7) is 1.96. The molecule has 15 heavy (non-hydrogen) atoms. The molecule has 1 saturated heterocycles. The fourth-order valence-electron chi connectivity index (χ4n) is 1.69. The first-order chi connectivity index (χ1) is 7.08. The maximum Gasteiger partial charge on any atom is 0.240 e. The van der Waals surface area contributed by atoms with Gasteiger partial charge in [0.15, 0.2) is 0 Å². The van der Waals surface area contributed by atoms with Gasteiger partial charge in [-0.15, -0.1) is 0 Å². The third-order valence-electron chi connectivity index (χ3n) is 2.42. The van der Waals surface area contributed by atoms with Crippen LogP contribution < -0.4 is 16.2 Å². The molecule has 1 aliphatic rings. The lowest BCUT2D eigenvalue weighted by Crippen LogP contribution is -2.37. The highest BCUT2D eigenvalue weighted by molar-refractivity contribution is 6.31. The van der Waals surface area contributed by atoms with Gasteiger partial charge in [-0.05, 0) is 25.1 Å². The number of nitrogens with two attached hydrogens (primary N) is 1. The lowest BCUT2D eigenvalue weighted by atomic mass is 10.2. The highest BCUT2D eigenvalue weighted by Crippen LogP contribution is 2.29. The van der Waals surface area contributed by atoms with Gasteiger partial charge < -0.3 is 5.73 Å². The molecule has 1 amide bonds. The molecule has 0 radical (unpaired) electrons. The number of hydrogen-bond donors (Lipinski definition) is 2. The van der Waals surface area contributed by atoms with Crippen LogP contribution in [0.25, 0.3) is 0 Å². The van der Waals surface area contributed by atoms with E-state index in [0.29, 0.717) is 17.1 Å². The summed E-state index contributed by atoms with van der Waals surface area (Å²) in [7, 11) is 0. The Bertz CT molecular complexity index is 408. The number of anilines is 2. The summed E-state index contributed by atoms with van der Waals surface area (Å²) >= 11 is 5.80. The third-order valence-corrected chi connectivity index (χ3v) is 2.65. The van der Waals surface area contributed by atoms with Crippen molar-refractivity contribution in [2.75, 3.05) is 10.7 Å². The second kappa shape index (κ2) is 3.62. The fraction of sp³-hybridized carbons (Fsp3) is 0.300. The van der Waals surface area contributed by atoms with E-state index < -0.39 is 0 Å². The second-order valence-corrected chi connectivity index (χ2v) is 4.10. The van der Waals surface area contributed by atoms with Crippen molar-refractivity contribution in [1.82, 2.24) is 5.43 Å². The molecule has 0 aromatic heterocycles. The lowest BCUT2D eigenvalue weighted by Gasteiger charge is -2.24. The van der Waals surface area contributed by atoms with Crippen molar-refractivity contribution < 1.29 is 4.79 Å². The van der Waals surface area contributed by atoms with Gasteiger partial charge in [-0.25, -0.2) is 0 Å². The van der Waals surface area contributed by atoms with Crippen LogP contribution in [0.15, 0.2) is 18.2 Å². The van der Waals surface area contributed by atoms with Gasteiger partial charge in [-0.1, -0.05) is 11.6 Å². The number of nitrogens with one attached hydrogen (secondary N) is 1. The van der Waals surface area contributed by atoms with Crippen LogP contribution in [0.4, 0.5) is 11.4 Å². The van der Waals surface area contributed by atoms with E-state index in [1.54, 1.807) is 23.2 Å². The van der Waals surface area contributed by atoms with Crippen molar-refractivity contribution in [2.45, 2.75) is 19.4 Å². The van der Waals surface area contributed by atoms with Crippen molar-refractivity contribution in [3.05, 3.63) is 23.2 Å². The van der Waals surface area contributed by atoms with Gasteiger partial charge in [0, 0.05) is 5.02 Å². The number of hydrogen-bond acceptors (Lipinski definition) is 3. The Morgan fingerprint density at radius 3 is 2.87 bits per heavy atom. The monoisotopic (exact) mass is 225 g/mol. The molecule has 0 saturated carbocycles. The molecule has 1 aliphatic heterocycles. The molecule has 2 rings (SSSR count). The summed E-state index contributed by atoms with van der Waals surface area (Å²) in [5.74, 6) is 0.0110. The molecule has 1 aromatic rings. The minimum Gasteiger partial charge on any atom is -0.397 e. The van der Waals surface area contributed by atoms with Crippen molar-refractivity contribution >= 4 is 28.9 Å². The van der Waals surface area contributed by atoms with Gasteiger partial charge in [-0.2, -0.15) is 0 Å². The van der Waals surface area contributed by atoms with Crippen LogP contribution in [-0.2, 0) is 4.79 Å². The third kappa shape index (κ3) is 1.85. The molecule has 1 atom stereocenters. The van der Waals surface area contributed by atoms with Gasteiger partial charge in [-0.3, -0.25) is 15.2 Å². The first-order valence-electron chi connectivity index (χ1n) is 4.71. The van der Waals surface area contributed by atoms with Gasteiger partial charge in [0.1, 0.15) is 0 Å². The van der Waals surface area contributed by atoms with Crippen LogP contribution in [0.3, 0.4) is 0 Å². The molecule has 80 valence electrons. The van der Waals surface area contributed by atoms with Crippen molar-refractivity contribution in [2.24, 2.45) is 0 Å². The number of hydrazine groups is 1. The summed E-state index contributed by atoms with van der Waals surface area (Å²) in [5, 5.41) is 2.36. The van der Waals surface area contributed by atoms with Crippen LogP contribution in [0.5, 0.6) is 0 Å². The van der Waals surface area contributed by atoms with Gasteiger partial charge in [0.05, 0.1) is 23.8 Å². The minimum atomic E-state index is 0.0110. The number of rotatable bonds is 1. The first kappa shape index (κ1) is 10.1. The molecule has 1 unspecified atom stereocenters. The largest absolute Gasteiger partial charge is 0.397 e. The summed E-state index contributed by atoms with van der Waals surface area (Å²) in [4.78, 5) is 11.2. The molecule has 0 bridgehead atoms. The molecule has 1 heterocycles. The van der Waals surface area contributed by atoms with E-state index in [2.05, 4.69) is 5.43 Å². The Labute approximate surface area is 93.0 Å². The average molecular weight is 226 g/mol. The topological polar surface area (TPSA) is 58.4 Å². The van der Waals surface area contributed by atoms with Gasteiger partial charge in [0.2, 0.25) is 5.91 Å². The molecule has 4 nitrogen and oxygen atoms in total. The van der Waals surface area contributed by atoms with Crippen LogP contribution in [0.2, 0.25) is 5.02 Å². The zero-order valence-electron chi connectivity index (χ0n) is 8.33. The smallest absolute Gasteiger partial charge is 0.240 e. The van der Waals surface area contributed by atoms with E-state index >= 15 is 0 Å². The average Bonchev–Trinajstić information content (AvgIpc) is 2.45. The Morgan fingerprint density at radius 1 is 1.60 bits per heavy atom. The second-order valence-electron chi connectivity index (χ2n) is 3.66. The maximum atomic E-state index is 11.2. The highest BCUT2D eigenvalue weighted by Gasteiger charge is 2.27. The number of carbonyl (C=O) groups is 1. The molecule has 0 aliphatic carbocycles. The number of nitrogens with zero attached hydrogens (tertiary/aromatic N) is 1. The number of carbonyl (C=O) groups excluding carboxylic acids is 1. The molecule has 3 N–H and O–H groups in total. The number of nitrogen functional groups attached to an aromatic ring is 1. The van der Waals surface area contributed by atoms with Crippen molar-refractivity contribution in [1.29, 1.82) is 0 Å². The van der Waals surface area contributed by atoms with Crippen LogP contribution in [0.1, 0.15) is 13.3 Å². The maximum absolute atomic E-state index is 11.2. The summed E-state index contributed by atoms with van der Waals surface area (Å²) in [6, 6.07) is 5.35. The number of amides is 1. The van der Waals surface area contributed by atoms with Crippen LogP contribution >= 0.6 is 11.6 Å². The zero-order valence-corrected chi connectivity index (χ0v) is 9.08. The summed E-state index contributed by atoms with van der Waals surface area (Å²) in [5.41, 5.74) is 9.94. The molecule has 0 spiro atoms. The Kier molecular flexibility index (Phi) is 2.44. The Balaban J connectivity index is 2.33. The predicted octanol–water partition coefficient (Wildman–Crippen LogP) is 1.55. The standard InChI is InChI=1S/C10H12ClN3O/c1-6-4-10(15)13-14(6)9-3-2-7(11)5-8(9)12/h2-3,5-6H,4,12H2,1H3,(H,13,15).